The minimum Gasteiger partial charge on any atom is -0.481 e. The Morgan fingerprint density at radius 2 is 2.10 bits per heavy atom. The largest absolute Gasteiger partial charge is 0.481 e. The smallest absolute Gasteiger partial charge is 0.306 e. The number of nitrogens with one attached hydrogen (secondary N) is 1. The van der Waals surface area contributed by atoms with E-state index in [2.05, 4.69) is 4.98 Å². The molecule has 1 amide bonds. The molecule has 1 fully saturated rings. The molecule has 3 rings (SSSR count). The molecule has 5 heteroatoms. The highest BCUT2D eigenvalue weighted by molar-refractivity contribution is 5.98. The van der Waals surface area contributed by atoms with E-state index in [0.717, 1.165) is 10.9 Å². The molecule has 2 N–H and O–H groups in total. The minimum absolute atomic E-state index is 0.0532. The number of nitrogens with zero attached hydrogens (tertiary/aromatic N) is 1. The number of carboxylic acid groups (broad SMARTS) is 1. The van der Waals surface area contributed by atoms with Crippen molar-refractivity contribution in [3.63, 3.8) is 0 Å². The van der Waals surface area contributed by atoms with Crippen molar-refractivity contribution in [3.05, 3.63) is 36.0 Å². The lowest BCUT2D eigenvalue weighted by atomic mass is 9.91. The summed E-state index contributed by atoms with van der Waals surface area (Å²) in [6.07, 6.45) is 1.03. The molecule has 0 bridgehead atoms. The third-order valence-electron chi connectivity index (χ3n) is 4.25. The summed E-state index contributed by atoms with van der Waals surface area (Å²) in [7, 11) is 0. The number of carbonyl (C=O) groups is 2. The highest BCUT2D eigenvalue weighted by Crippen LogP contribution is 2.25. The highest BCUT2D eigenvalue weighted by Gasteiger charge is 2.33. The number of para-hydroxylation sites is 1. The number of hydrogen-bond donors (Lipinski definition) is 2. The molecule has 1 aliphatic rings. The van der Waals surface area contributed by atoms with Gasteiger partial charge >= 0.3 is 5.97 Å². The average Bonchev–Trinajstić information content (AvgIpc) is 2.90. The summed E-state index contributed by atoms with van der Waals surface area (Å²) in [5, 5.41) is 10.1. The lowest BCUT2D eigenvalue weighted by molar-refractivity contribution is -0.143. The van der Waals surface area contributed by atoms with Crippen molar-refractivity contribution in [1.29, 1.82) is 0 Å². The zero-order chi connectivity index (χ0) is 15.0. The van der Waals surface area contributed by atoms with Gasteiger partial charge in [0.1, 0.15) is 5.69 Å². The normalized spacial score (nSPS) is 22.4. The molecule has 2 aromatic rings. The molecule has 1 aromatic carbocycles. The molecule has 21 heavy (non-hydrogen) atoms. The van der Waals surface area contributed by atoms with Gasteiger partial charge in [0.15, 0.2) is 0 Å². The van der Waals surface area contributed by atoms with Crippen LogP contribution in [0.25, 0.3) is 10.9 Å². The van der Waals surface area contributed by atoms with Gasteiger partial charge in [-0.1, -0.05) is 18.2 Å². The van der Waals surface area contributed by atoms with Gasteiger partial charge in [-0.2, -0.15) is 0 Å². The number of amides is 1. The van der Waals surface area contributed by atoms with E-state index in [9.17, 15) is 9.59 Å². The number of aromatic nitrogens is 1. The number of H-pyrrole nitrogens is 1. The van der Waals surface area contributed by atoms with Gasteiger partial charge in [-0.3, -0.25) is 9.59 Å². The molecule has 5 nitrogen and oxygen atoms in total. The van der Waals surface area contributed by atoms with E-state index in [-0.39, 0.29) is 17.9 Å². The van der Waals surface area contributed by atoms with Crippen LogP contribution in [0.5, 0.6) is 0 Å². The number of aromatic amines is 1. The lowest BCUT2D eigenvalue weighted by Crippen LogP contribution is -2.46. The van der Waals surface area contributed by atoms with Crippen molar-refractivity contribution in [2.75, 3.05) is 6.54 Å². The zero-order valence-corrected chi connectivity index (χ0v) is 11.9. The molecule has 1 saturated heterocycles. The second-order valence-corrected chi connectivity index (χ2v) is 5.68. The molecule has 0 saturated carbocycles. The van der Waals surface area contributed by atoms with Crippen LogP contribution < -0.4 is 0 Å². The van der Waals surface area contributed by atoms with E-state index in [1.54, 1.807) is 4.90 Å². The van der Waals surface area contributed by atoms with Gasteiger partial charge in [0.25, 0.3) is 5.91 Å². The third-order valence-corrected chi connectivity index (χ3v) is 4.25. The summed E-state index contributed by atoms with van der Waals surface area (Å²) in [4.78, 5) is 28.6. The van der Waals surface area contributed by atoms with Gasteiger partial charge in [0.2, 0.25) is 0 Å². The highest BCUT2D eigenvalue weighted by atomic mass is 16.4. The molecule has 0 radical (unpaired) electrons. The minimum atomic E-state index is -0.764. The van der Waals surface area contributed by atoms with Gasteiger partial charge in [0.05, 0.1) is 5.92 Å². The monoisotopic (exact) mass is 286 g/mol. The molecule has 2 heterocycles. The van der Waals surface area contributed by atoms with Crippen LogP contribution in [0, 0.1) is 5.92 Å². The SMILES string of the molecule is CC1CC(C(=O)O)CCN1C(=O)c1cc2ccccc2[nH]1. The number of fused-ring (bicyclic) bond motifs is 1. The predicted octanol–water partition coefficient (Wildman–Crippen LogP) is 2.49. The predicted molar refractivity (Wildman–Crippen MR) is 79.2 cm³/mol. The van der Waals surface area contributed by atoms with Gasteiger partial charge in [0, 0.05) is 23.5 Å². The number of carboxylic acids is 1. The van der Waals surface area contributed by atoms with Crippen molar-refractivity contribution in [1.82, 2.24) is 9.88 Å². The first-order chi connectivity index (χ1) is 10.1. The van der Waals surface area contributed by atoms with Crippen LogP contribution in [-0.4, -0.2) is 39.5 Å². The number of hydrogen-bond acceptors (Lipinski definition) is 2. The van der Waals surface area contributed by atoms with Crippen LogP contribution in [0.1, 0.15) is 30.3 Å². The fourth-order valence-electron chi connectivity index (χ4n) is 3.04. The van der Waals surface area contributed by atoms with Crippen LogP contribution >= 0.6 is 0 Å². The van der Waals surface area contributed by atoms with E-state index in [1.807, 2.05) is 37.3 Å². The first kappa shape index (κ1) is 13.7. The Morgan fingerprint density at radius 3 is 2.76 bits per heavy atom. The molecule has 2 unspecified atom stereocenters. The molecular weight excluding hydrogens is 268 g/mol. The molecule has 0 spiro atoms. The number of likely N-dealkylation sites (tertiary alicyclic amines) is 1. The van der Waals surface area contributed by atoms with E-state index < -0.39 is 5.97 Å². The second-order valence-electron chi connectivity index (χ2n) is 5.68. The van der Waals surface area contributed by atoms with E-state index in [1.165, 1.54) is 0 Å². The molecule has 1 aromatic heterocycles. The Kier molecular flexibility index (Phi) is 3.41. The second kappa shape index (κ2) is 5.24. The van der Waals surface area contributed by atoms with Crippen molar-refractivity contribution < 1.29 is 14.7 Å². The van der Waals surface area contributed by atoms with E-state index in [4.69, 9.17) is 5.11 Å². The maximum atomic E-state index is 12.6. The van der Waals surface area contributed by atoms with Crippen molar-refractivity contribution in [3.8, 4) is 0 Å². The van der Waals surface area contributed by atoms with Gasteiger partial charge in [-0.15, -0.1) is 0 Å². The van der Waals surface area contributed by atoms with Gasteiger partial charge in [-0.25, -0.2) is 0 Å². The quantitative estimate of drug-likeness (QED) is 0.890. The number of rotatable bonds is 2. The van der Waals surface area contributed by atoms with Crippen LogP contribution in [0.15, 0.2) is 30.3 Å². The Labute approximate surface area is 122 Å². The van der Waals surface area contributed by atoms with Crippen LogP contribution in [0.3, 0.4) is 0 Å². The van der Waals surface area contributed by atoms with Gasteiger partial charge in [-0.05, 0) is 31.9 Å². The molecule has 2 atom stereocenters. The Balaban J connectivity index is 1.80. The van der Waals surface area contributed by atoms with Crippen molar-refractivity contribution >= 4 is 22.8 Å². The first-order valence-corrected chi connectivity index (χ1v) is 7.18. The fraction of sp³-hybridized carbons (Fsp3) is 0.375. The Bertz CT molecular complexity index is 659. The number of aliphatic carboxylic acids is 1. The van der Waals surface area contributed by atoms with E-state index >= 15 is 0 Å². The van der Waals surface area contributed by atoms with Crippen LogP contribution in [0.2, 0.25) is 0 Å². The van der Waals surface area contributed by atoms with Crippen molar-refractivity contribution in [2.24, 2.45) is 5.92 Å². The first-order valence-electron chi connectivity index (χ1n) is 7.18. The summed E-state index contributed by atoms with van der Waals surface area (Å²) >= 11 is 0. The maximum Gasteiger partial charge on any atom is 0.306 e. The third kappa shape index (κ3) is 2.51. The standard InChI is InChI=1S/C16H18N2O3/c1-10-8-12(16(20)21)6-7-18(10)15(19)14-9-11-4-2-3-5-13(11)17-14/h2-5,9-10,12,17H,6-8H2,1H3,(H,20,21). The summed E-state index contributed by atoms with van der Waals surface area (Å²) in [6, 6.07) is 9.56. The summed E-state index contributed by atoms with van der Waals surface area (Å²) in [5.41, 5.74) is 1.51. The Hall–Kier alpha value is -2.30. The molecule has 1 aliphatic heterocycles. The average molecular weight is 286 g/mol. The van der Waals surface area contributed by atoms with Gasteiger partial charge < -0.3 is 15.0 Å². The van der Waals surface area contributed by atoms with Crippen molar-refractivity contribution in [2.45, 2.75) is 25.8 Å². The van der Waals surface area contributed by atoms with Crippen LogP contribution in [-0.2, 0) is 4.79 Å². The van der Waals surface area contributed by atoms with E-state index in [0.29, 0.717) is 25.1 Å². The fourth-order valence-corrected chi connectivity index (χ4v) is 3.04. The number of benzene rings is 1. The summed E-state index contributed by atoms with van der Waals surface area (Å²) in [5.74, 6) is -1.16. The number of piperidine rings is 1. The van der Waals surface area contributed by atoms with Crippen LogP contribution in [0.4, 0.5) is 0 Å². The maximum absolute atomic E-state index is 12.6. The summed E-state index contributed by atoms with van der Waals surface area (Å²) < 4.78 is 0. The molecular formula is C16H18N2O3. The molecule has 110 valence electrons. The Morgan fingerprint density at radius 1 is 1.33 bits per heavy atom. The topological polar surface area (TPSA) is 73.4 Å². The molecule has 0 aliphatic carbocycles. The number of carbonyl (C=O) groups excluding carboxylic acids is 1. The lowest BCUT2D eigenvalue weighted by Gasteiger charge is -2.36. The summed E-state index contributed by atoms with van der Waals surface area (Å²) in [6.45, 7) is 2.40. The zero-order valence-electron chi connectivity index (χ0n) is 11.9.